The second-order valence-corrected chi connectivity index (χ2v) is 8.14. The Kier molecular flexibility index (Phi) is 5.55. The quantitative estimate of drug-likeness (QED) is 0.728. The SMILES string of the molecule is CCOP(=O)(OCC)[C@H]1CCCC2OC[C@@H](c3ccccc3)N21. The van der Waals surface area contributed by atoms with E-state index in [2.05, 4.69) is 17.0 Å². The lowest BCUT2D eigenvalue weighted by atomic mass is 10.0. The van der Waals surface area contributed by atoms with Gasteiger partial charge in [-0.3, -0.25) is 9.46 Å². The van der Waals surface area contributed by atoms with Gasteiger partial charge in [-0.15, -0.1) is 0 Å². The molecule has 2 saturated heterocycles. The molecule has 0 N–H and O–H groups in total. The van der Waals surface area contributed by atoms with E-state index in [0.29, 0.717) is 19.8 Å². The number of hydrogen-bond acceptors (Lipinski definition) is 5. The zero-order valence-corrected chi connectivity index (χ0v) is 14.8. The molecule has 6 heteroatoms. The van der Waals surface area contributed by atoms with E-state index in [1.54, 1.807) is 0 Å². The van der Waals surface area contributed by atoms with Gasteiger partial charge >= 0.3 is 7.60 Å². The van der Waals surface area contributed by atoms with Crippen molar-refractivity contribution in [2.45, 2.75) is 51.2 Å². The first-order valence-corrected chi connectivity index (χ1v) is 10.1. The molecule has 2 aliphatic rings. The van der Waals surface area contributed by atoms with Gasteiger partial charge in [-0.05, 0) is 38.7 Å². The largest absolute Gasteiger partial charge is 0.361 e. The van der Waals surface area contributed by atoms with Gasteiger partial charge in [0.25, 0.3) is 0 Å². The summed E-state index contributed by atoms with van der Waals surface area (Å²) in [5.41, 5.74) is 1.20. The highest BCUT2D eigenvalue weighted by atomic mass is 31.2. The van der Waals surface area contributed by atoms with Crippen molar-refractivity contribution >= 4 is 7.60 Å². The van der Waals surface area contributed by atoms with E-state index >= 15 is 0 Å². The topological polar surface area (TPSA) is 48.0 Å². The van der Waals surface area contributed by atoms with E-state index in [-0.39, 0.29) is 18.1 Å². The molecule has 0 radical (unpaired) electrons. The number of rotatable bonds is 6. The van der Waals surface area contributed by atoms with Gasteiger partial charge in [0.15, 0.2) is 0 Å². The molecule has 3 atom stereocenters. The number of hydrogen-bond donors (Lipinski definition) is 0. The molecule has 23 heavy (non-hydrogen) atoms. The molecular weight excluding hydrogens is 313 g/mol. The van der Waals surface area contributed by atoms with E-state index < -0.39 is 7.60 Å². The Morgan fingerprint density at radius 1 is 1.17 bits per heavy atom. The fraction of sp³-hybridized carbons (Fsp3) is 0.647. The second-order valence-electron chi connectivity index (χ2n) is 5.95. The highest BCUT2D eigenvalue weighted by Crippen LogP contribution is 2.60. The number of fused-ring (bicyclic) bond motifs is 1. The van der Waals surface area contributed by atoms with Crippen LogP contribution in [0, 0.1) is 0 Å². The van der Waals surface area contributed by atoms with Gasteiger partial charge in [-0.2, -0.15) is 0 Å². The van der Waals surface area contributed by atoms with Crippen molar-refractivity contribution in [1.82, 2.24) is 4.90 Å². The predicted molar refractivity (Wildman–Crippen MR) is 89.3 cm³/mol. The zero-order chi connectivity index (χ0) is 16.3. The van der Waals surface area contributed by atoms with Crippen molar-refractivity contribution in [3.63, 3.8) is 0 Å². The van der Waals surface area contributed by atoms with Gasteiger partial charge in [0.2, 0.25) is 0 Å². The van der Waals surface area contributed by atoms with Gasteiger partial charge in [0, 0.05) is 0 Å². The predicted octanol–water partition coefficient (Wildman–Crippen LogP) is 4.16. The summed E-state index contributed by atoms with van der Waals surface area (Å²) in [4.78, 5) is 2.24. The summed E-state index contributed by atoms with van der Waals surface area (Å²) < 4.78 is 30.6. The molecule has 1 aromatic carbocycles. The minimum atomic E-state index is -3.18. The molecule has 5 nitrogen and oxygen atoms in total. The van der Waals surface area contributed by atoms with Crippen molar-refractivity contribution in [3.8, 4) is 0 Å². The van der Waals surface area contributed by atoms with Gasteiger partial charge in [-0.25, -0.2) is 0 Å². The van der Waals surface area contributed by atoms with E-state index in [0.717, 1.165) is 19.3 Å². The molecule has 3 rings (SSSR count). The highest BCUT2D eigenvalue weighted by molar-refractivity contribution is 7.54. The fourth-order valence-corrected chi connectivity index (χ4v) is 5.94. The first kappa shape index (κ1) is 17.1. The molecule has 1 unspecified atom stereocenters. The molecule has 2 heterocycles. The molecule has 128 valence electrons. The van der Waals surface area contributed by atoms with Crippen LogP contribution >= 0.6 is 7.60 Å². The lowest BCUT2D eigenvalue weighted by molar-refractivity contribution is -0.0146. The first-order valence-electron chi connectivity index (χ1n) is 8.52. The molecule has 0 spiro atoms. The maximum absolute atomic E-state index is 13.3. The van der Waals surface area contributed by atoms with Gasteiger partial charge in [0.05, 0.1) is 25.9 Å². The van der Waals surface area contributed by atoms with Crippen LogP contribution in [-0.4, -0.2) is 36.7 Å². The average molecular weight is 339 g/mol. The summed E-state index contributed by atoms with van der Waals surface area (Å²) in [5.74, 6) is -0.228. The molecule has 0 aliphatic carbocycles. The molecule has 0 saturated carbocycles. The number of piperidine rings is 1. The third-order valence-corrected chi connectivity index (χ3v) is 7.06. The summed E-state index contributed by atoms with van der Waals surface area (Å²) in [7, 11) is -3.18. The Morgan fingerprint density at radius 3 is 2.52 bits per heavy atom. The lowest BCUT2D eigenvalue weighted by Crippen LogP contribution is -2.45. The smallest absolute Gasteiger partial charge is 0.347 e. The maximum Gasteiger partial charge on any atom is 0.347 e. The van der Waals surface area contributed by atoms with Crippen LogP contribution in [0.25, 0.3) is 0 Å². The van der Waals surface area contributed by atoms with Crippen LogP contribution < -0.4 is 0 Å². The van der Waals surface area contributed by atoms with Crippen molar-refractivity contribution < 1.29 is 18.3 Å². The van der Waals surface area contributed by atoms with Crippen LogP contribution in [0.4, 0.5) is 0 Å². The summed E-state index contributed by atoms with van der Waals surface area (Å²) in [6, 6.07) is 10.4. The van der Waals surface area contributed by atoms with E-state index in [4.69, 9.17) is 13.8 Å². The molecule has 2 fully saturated rings. The van der Waals surface area contributed by atoms with Crippen LogP contribution in [0.2, 0.25) is 0 Å². The van der Waals surface area contributed by atoms with Crippen molar-refractivity contribution in [1.29, 1.82) is 0 Å². The second kappa shape index (κ2) is 7.45. The maximum atomic E-state index is 13.3. The zero-order valence-electron chi connectivity index (χ0n) is 13.9. The minimum Gasteiger partial charge on any atom is -0.361 e. The molecule has 1 aromatic rings. The van der Waals surface area contributed by atoms with Crippen LogP contribution in [0.5, 0.6) is 0 Å². The Labute approximate surface area is 138 Å². The minimum absolute atomic E-state index is 0.00759. The number of nitrogens with zero attached hydrogens (tertiary/aromatic N) is 1. The van der Waals surface area contributed by atoms with Crippen molar-refractivity contribution in [2.24, 2.45) is 0 Å². The van der Waals surface area contributed by atoms with Crippen LogP contribution in [0.3, 0.4) is 0 Å². The van der Waals surface area contributed by atoms with Crippen LogP contribution in [-0.2, 0) is 18.3 Å². The highest BCUT2D eigenvalue weighted by Gasteiger charge is 2.50. The standard InChI is InChI=1S/C17H26NO4P/c1-3-21-23(19,22-4-2)17-12-8-11-16-18(17)15(13-20-16)14-9-6-5-7-10-14/h5-7,9-10,15-17H,3-4,8,11-13H2,1-2H3/t15-,16?,17-/m0/s1. The van der Waals surface area contributed by atoms with E-state index in [9.17, 15) is 4.57 Å². The summed E-state index contributed by atoms with van der Waals surface area (Å²) in [6.07, 6.45) is 2.78. The summed E-state index contributed by atoms with van der Waals surface area (Å²) >= 11 is 0. The third kappa shape index (κ3) is 3.40. The molecular formula is C17H26NO4P. The number of benzene rings is 1. The third-order valence-electron chi connectivity index (χ3n) is 4.56. The molecule has 0 bridgehead atoms. The fourth-order valence-electron chi connectivity index (χ4n) is 3.67. The Balaban J connectivity index is 1.91. The number of ether oxygens (including phenoxy) is 1. The Morgan fingerprint density at radius 2 is 1.87 bits per heavy atom. The van der Waals surface area contributed by atoms with Crippen LogP contribution in [0.15, 0.2) is 30.3 Å². The van der Waals surface area contributed by atoms with Crippen molar-refractivity contribution in [2.75, 3.05) is 19.8 Å². The Bertz CT molecular complexity index is 543. The van der Waals surface area contributed by atoms with Gasteiger partial charge in [0.1, 0.15) is 12.0 Å². The van der Waals surface area contributed by atoms with Crippen molar-refractivity contribution in [3.05, 3.63) is 35.9 Å². The normalized spacial score (nSPS) is 28.7. The summed E-state index contributed by atoms with van der Waals surface area (Å²) in [5, 5.41) is 0. The first-order chi connectivity index (χ1) is 11.2. The van der Waals surface area contributed by atoms with Gasteiger partial charge in [-0.1, -0.05) is 30.3 Å². The molecule has 0 amide bonds. The molecule has 0 aromatic heterocycles. The van der Waals surface area contributed by atoms with Crippen LogP contribution in [0.1, 0.15) is 44.7 Å². The summed E-state index contributed by atoms with van der Waals surface area (Å²) in [6.45, 7) is 5.14. The monoisotopic (exact) mass is 339 g/mol. The average Bonchev–Trinajstić information content (AvgIpc) is 3.00. The van der Waals surface area contributed by atoms with Gasteiger partial charge < -0.3 is 13.8 Å². The van der Waals surface area contributed by atoms with E-state index in [1.807, 2.05) is 32.0 Å². The van der Waals surface area contributed by atoms with E-state index in [1.165, 1.54) is 5.56 Å². The molecule has 2 aliphatic heterocycles. The lowest BCUT2D eigenvalue weighted by Gasteiger charge is -2.41. The Hall–Kier alpha value is -0.710.